The molecule has 0 spiro atoms. The van der Waals surface area contributed by atoms with Crippen molar-refractivity contribution in [1.29, 1.82) is 0 Å². The van der Waals surface area contributed by atoms with E-state index in [1.807, 2.05) is 24.3 Å². The highest BCUT2D eigenvalue weighted by atomic mass is 32.2. The topological polar surface area (TPSA) is 50.1 Å². The molecule has 2 atom stereocenters. The molecule has 7 heteroatoms. The van der Waals surface area contributed by atoms with E-state index in [2.05, 4.69) is 10.6 Å². The van der Waals surface area contributed by atoms with Gasteiger partial charge >= 0.3 is 6.18 Å². The van der Waals surface area contributed by atoms with E-state index in [9.17, 15) is 13.2 Å². The Hall–Kier alpha value is -1.86. The van der Waals surface area contributed by atoms with Crippen molar-refractivity contribution in [3.05, 3.63) is 42.0 Å². The number of hydrogen-bond donors (Lipinski definition) is 3. The molecule has 0 unspecified atom stereocenters. The van der Waals surface area contributed by atoms with Crippen LogP contribution in [-0.4, -0.2) is 12.6 Å². The molecule has 0 amide bonds. The van der Waals surface area contributed by atoms with E-state index in [-0.39, 0.29) is 6.04 Å². The van der Waals surface area contributed by atoms with Gasteiger partial charge in [0.25, 0.3) is 0 Å². The predicted octanol–water partition coefficient (Wildman–Crippen LogP) is 5.84. The van der Waals surface area contributed by atoms with E-state index < -0.39 is 11.7 Å². The van der Waals surface area contributed by atoms with Crippen LogP contribution in [0.1, 0.15) is 31.2 Å². The Kier molecular flexibility index (Phi) is 4.99. The molecule has 0 bridgehead atoms. The maximum atomic E-state index is 13.4. The van der Waals surface area contributed by atoms with Crippen LogP contribution in [0.15, 0.2) is 46.2 Å². The first-order chi connectivity index (χ1) is 12.9. The van der Waals surface area contributed by atoms with Gasteiger partial charge < -0.3 is 16.4 Å². The zero-order valence-corrected chi connectivity index (χ0v) is 15.6. The van der Waals surface area contributed by atoms with Crippen LogP contribution < -0.4 is 16.4 Å². The van der Waals surface area contributed by atoms with Crippen molar-refractivity contribution in [2.24, 2.45) is 11.7 Å². The summed E-state index contributed by atoms with van der Waals surface area (Å²) in [6.45, 7) is 0.634. The van der Waals surface area contributed by atoms with Crippen molar-refractivity contribution < 1.29 is 13.2 Å². The molecule has 0 saturated heterocycles. The van der Waals surface area contributed by atoms with E-state index in [1.54, 1.807) is 0 Å². The Bertz CT molecular complexity index is 838. The fourth-order valence-corrected chi connectivity index (χ4v) is 4.87. The quantitative estimate of drug-likeness (QED) is 0.523. The second kappa shape index (κ2) is 7.28. The fraction of sp³-hybridized carbons (Fsp3) is 0.400. The Balaban J connectivity index is 1.63. The lowest BCUT2D eigenvalue weighted by Gasteiger charge is -2.29. The van der Waals surface area contributed by atoms with Crippen LogP contribution in [0.5, 0.6) is 0 Å². The number of fused-ring (bicyclic) bond motifs is 2. The van der Waals surface area contributed by atoms with E-state index in [1.165, 1.54) is 23.9 Å². The monoisotopic (exact) mass is 393 g/mol. The van der Waals surface area contributed by atoms with Crippen LogP contribution in [0.3, 0.4) is 0 Å². The SMILES string of the molecule is N[C@H]1CCC[C@@H](CNc2cc(C(F)(F)F)cc3c2Nc2ccccc2S3)C1. The van der Waals surface area contributed by atoms with Crippen molar-refractivity contribution in [2.45, 2.75) is 47.7 Å². The standard InChI is InChI=1S/C20H22F3N3S/c21-20(22,23)13-9-16(25-11-12-4-3-5-14(24)8-12)19-18(10-13)27-17-7-2-1-6-15(17)26-19/h1-2,6-7,9-10,12,14,25-26H,3-5,8,11,24H2/t12-,14+/m1/s1. The summed E-state index contributed by atoms with van der Waals surface area (Å²) in [4.78, 5) is 1.51. The first-order valence-corrected chi connectivity index (χ1v) is 10.0. The smallest absolute Gasteiger partial charge is 0.383 e. The number of hydrogen-bond acceptors (Lipinski definition) is 4. The second-order valence-corrected chi connectivity index (χ2v) is 8.38. The Morgan fingerprint density at radius 1 is 1.15 bits per heavy atom. The van der Waals surface area contributed by atoms with Gasteiger partial charge in [-0.2, -0.15) is 13.2 Å². The number of para-hydroxylation sites is 1. The van der Waals surface area contributed by atoms with Gasteiger partial charge in [0.05, 0.1) is 22.6 Å². The number of nitrogens with one attached hydrogen (secondary N) is 2. The fourth-order valence-electron chi connectivity index (χ4n) is 3.81. The minimum absolute atomic E-state index is 0.196. The highest BCUT2D eigenvalue weighted by Crippen LogP contribution is 2.49. The van der Waals surface area contributed by atoms with E-state index in [0.29, 0.717) is 28.7 Å². The third-order valence-electron chi connectivity index (χ3n) is 5.20. The normalized spacial score (nSPS) is 21.8. The summed E-state index contributed by atoms with van der Waals surface area (Å²) in [7, 11) is 0. The number of rotatable bonds is 3. The Morgan fingerprint density at radius 3 is 2.74 bits per heavy atom. The van der Waals surface area contributed by atoms with E-state index in [4.69, 9.17) is 5.73 Å². The van der Waals surface area contributed by atoms with Crippen molar-refractivity contribution in [3.8, 4) is 0 Å². The lowest BCUT2D eigenvalue weighted by Crippen LogP contribution is -2.31. The summed E-state index contributed by atoms with van der Waals surface area (Å²) in [6, 6.07) is 10.3. The van der Waals surface area contributed by atoms with Crippen molar-refractivity contribution in [1.82, 2.24) is 0 Å². The molecule has 4 N–H and O–H groups in total. The summed E-state index contributed by atoms with van der Waals surface area (Å²) in [6.07, 6.45) is -0.289. The molecule has 27 heavy (non-hydrogen) atoms. The molecular formula is C20H22F3N3S. The molecule has 1 aliphatic heterocycles. The van der Waals surface area contributed by atoms with E-state index in [0.717, 1.165) is 36.3 Å². The maximum absolute atomic E-state index is 13.4. The number of anilines is 3. The molecule has 0 aromatic heterocycles. The molecule has 4 rings (SSSR count). The second-order valence-electron chi connectivity index (χ2n) is 7.29. The van der Waals surface area contributed by atoms with Crippen LogP contribution >= 0.6 is 11.8 Å². The van der Waals surface area contributed by atoms with Gasteiger partial charge in [0.1, 0.15) is 0 Å². The van der Waals surface area contributed by atoms with Gasteiger partial charge in [-0.1, -0.05) is 30.3 Å². The predicted molar refractivity (Wildman–Crippen MR) is 104 cm³/mol. The van der Waals surface area contributed by atoms with Crippen molar-refractivity contribution in [2.75, 3.05) is 17.2 Å². The summed E-state index contributed by atoms with van der Waals surface area (Å²) in [5, 5.41) is 6.58. The van der Waals surface area contributed by atoms with Gasteiger partial charge in [0.2, 0.25) is 0 Å². The summed E-state index contributed by atoms with van der Waals surface area (Å²) in [5.41, 5.74) is 7.55. The average molecular weight is 393 g/mol. The molecule has 2 aromatic rings. The minimum atomic E-state index is -4.38. The summed E-state index contributed by atoms with van der Waals surface area (Å²) in [5.74, 6) is 0.391. The lowest BCUT2D eigenvalue weighted by atomic mass is 9.86. The zero-order chi connectivity index (χ0) is 19.0. The molecule has 144 valence electrons. The van der Waals surface area contributed by atoms with Gasteiger partial charge in [0.15, 0.2) is 0 Å². The first kappa shape index (κ1) is 18.5. The number of halogens is 3. The Labute approximate surface area is 160 Å². The van der Waals surface area contributed by atoms with Gasteiger partial charge in [-0.05, 0) is 49.4 Å². The summed E-state index contributed by atoms with van der Waals surface area (Å²) < 4.78 is 40.2. The highest BCUT2D eigenvalue weighted by molar-refractivity contribution is 7.99. The van der Waals surface area contributed by atoms with Gasteiger partial charge in [0, 0.05) is 22.4 Å². The number of benzene rings is 2. The highest BCUT2D eigenvalue weighted by Gasteiger charge is 2.33. The molecular weight excluding hydrogens is 371 g/mol. The molecule has 1 heterocycles. The zero-order valence-electron chi connectivity index (χ0n) is 14.8. The van der Waals surface area contributed by atoms with Crippen molar-refractivity contribution in [3.63, 3.8) is 0 Å². The van der Waals surface area contributed by atoms with Gasteiger partial charge in [-0.15, -0.1) is 0 Å². The molecule has 2 aliphatic rings. The van der Waals surface area contributed by atoms with Crippen LogP contribution in [0.4, 0.5) is 30.2 Å². The van der Waals surface area contributed by atoms with Crippen LogP contribution in [0.25, 0.3) is 0 Å². The van der Waals surface area contributed by atoms with Crippen LogP contribution in [0, 0.1) is 5.92 Å². The maximum Gasteiger partial charge on any atom is 0.416 e. The molecule has 1 saturated carbocycles. The summed E-state index contributed by atoms with van der Waals surface area (Å²) >= 11 is 1.37. The number of alkyl halides is 3. The third kappa shape index (κ3) is 4.04. The lowest BCUT2D eigenvalue weighted by molar-refractivity contribution is -0.137. The molecule has 3 nitrogen and oxygen atoms in total. The molecule has 1 fully saturated rings. The molecule has 0 radical (unpaired) electrons. The van der Waals surface area contributed by atoms with Crippen LogP contribution in [0.2, 0.25) is 0 Å². The van der Waals surface area contributed by atoms with E-state index >= 15 is 0 Å². The van der Waals surface area contributed by atoms with Gasteiger partial charge in [-0.3, -0.25) is 0 Å². The third-order valence-corrected chi connectivity index (χ3v) is 6.32. The Morgan fingerprint density at radius 2 is 1.96 bits per heavy atom. The van der Waals surface area contributed by atoms with Crippen molar-refractivity contribution >= 4 is 28.8 Å². The molecule has 1 aliphatic carbocycles. The number of nitrogens with two attached hydrogens (primary N) is 1. The average Bonchev–Trinajstić information content (AvgIpc) is 2.63. The molecule has 2 aromatic carbocycles. The van der Waals surface area contributed by atoms with Gasteiger partial charge in [-0.25, -0.2) is 0 Å². The largest absolute Gasteiger partial charge is 0.416 e. The van der Waals surface area contributed by atoms with Crippen LogP contribution in [-0.2, 0) is 6.18 Å². The minimum Gasteiger partial charge on any atom is -0.383 e. The first-order valence-electron chi connectivity index (χ1n) is 9.19.